The summed E-state index contributed by atoms with van der Waals surface area (Å²) in [5.41, 5.74) is 1.14. The number of nitrogens with one attached hydrogen (secondary N) is 2. The van der Waals surface area contributed by atoms with E-state index in [0.717, 1.165) is 36.2 Å². The van der Waals surface area contributed by atoms with Crippen molar-refractivity contribution in [3.63, 3.8) is 0 Å². The maximum atomic E-state index is 4.52. The molecule has 0 amide bonds. The van der Waals surface area contributed by atoms with Gasteiger partial charge in [-0.05, 0) is 27.7 Å². The zero-order valence-electron chi connectivity index (χ0n) is 11.1. The third-order valence-corrected chi connectivity index (χ3v) is 2.90. The highest BCUT2D eigenvalue weighted by Crippen LogP contribution is 2.08. The van der Waals surface area contributed by atoms with Crippen LogP contribution in [-0.2, 0) is 6.42 Å². The van der Waals surface area contributed by atoms with Gasteiger partial charge in [0.1, 0.15) is 0 Å². The average Bonchev–Trinajstić information content (AvgIpc) is 2.63. The lowest BCUT2D eigenvalue weighted by Gasteiger charge is -2.13. The minimum absolute atomic E-state index is 0.398. The highest BCUT2D eigenvalue weighted by atomic mass is 32.1. The molecule has 0 unspecified atom stereocenters. The highest BCUT2D eigenvalue weighted by molar-refractivity contribution is 7.09. The summed E-state index contributed by atoms with van der Waals surface area (Å²) in [5, 5.41) is 9.75. The predicted molar refractivity (Wildman–Crippen MR) is 74.8 cm³/mol. The molecular formula is C12H22N4S. The SMILES string of the molecule is CCNC(=NCCc1csc(C)n1)NC(C)C. The van der Waals surface area contributed by atoms with Gasteiger partial charge in [0, 0.05) is 30.9 Å². The van der Waals surface area contributed by atoms with Crippen molar-refractivity contribution in [2.24, 2.45) is 4.99 Å². The van der Waals surface area contributed by atoms with Gasteiger partial charge in [-0.3, -0.25) is 4.99 Å². The van der Waals surface area contributed by atoms with Gasteiger partial charge in [-0.15, -0.1) is 11.3 Å². The number of hydrogen-bond donors (Lipinski definition) is 2. The largest absolute Gasteiger partial charge is 0.357 e. The molecule has 0 saturated heterocycles. The molecule has 0 aliphatic rings. The van der Waals surface area contributed by atoms with E-state index in [1.54, 1.807) is 11.3 Å². The second-order valence-corrected chi connectivity index (χ2v) is 5.23. The molecular weight excluding hydrogens is 232 g/mol. The summed E-state index contributed by atoms with van der Waals surface area (Å²) in [4.78, 5) is 8.94. The first-order chi connectivity index (χ1) is 8.11. The zero-order valence-corrected chi connectivity index (χ0v) is 11.9. The predicted octanol–water partition coefficient (Wildman–Crippen LogP) is 1.96. The molecule has 1 aromatic rings. The Bertz CT molecular complexity index is 357. The van der Waals surface area contributed by atoms with E-state index in [0.29, 0.717) is 6.04 Å². The van der Waals surface area contributed by atoms with Crippen LogP contribution in [0.15, 0.2) is 10.4 Å². The van der Waals surface area contributed by atoms with Crippen molar-refractivity contribution in [2.75, 3.05) is 13.1 Å². The van der Waals surface area contributed by atoms with E-state index in [2.05, 4.69) is 46.8 Å². The molecule has 0 aromatic carbocycles. The van der Waals surface area contributed by atoms with Crippen LogP contribution in [0.5, 0.6) is 0 Å². The van der Waals surface area contributed by atoms with Crippen LogP contribution in [0.3, 0.4) is 0 Å². The van der Waals surface area contributed by atoms with Crippen LogP contribution in [0.4, 0.5) is 0 Å². The lowest BCUT2D eigenvalue weighted by Crippen LogP contribution is -2.41. The standard InChI is InChI=1S/C12H22N4S/c1-5-13-12(15-9(2)3)14-7-6-11-8-17-10(4)16-11/h8-9H,5-7H2,1-4H3,(H2,13,14,15). The quantitative estimate of drug-likeness (QED) is 0.624. The van der Waals surface area contributed by atoms with Gasteiger partial charge in [-0.2, -0.15) is 0 Å². The molecule has 0 spiro atoms. The number of aryl methyl sites for hydroxylation is 1. The molecule has 96 valence electrons. The molecule has 0 aliphatic heterocycles. The fraction of sp³-hybridized carbons (Fsp3) is 0.667. The van der Waals surface area contributed by atoms with Gasteiger partial charge in [0.25, 0.3) is 0 Å². The monoisotopic (exact) mass is 254 g/mol. The minimum Gasteiger partial charge on any atom is -0.357 e. The maximum Gasteiger partial charge on any atom is 0.191 e. The van der Waals surface area contributed by atoms with Crippen molar-refractivity contribution >= 4 is 17.3 Å². The lowest BCUT2D eigenvalue weighted by molar-refractivity contribution is 0.700. The number of thiazole rings is 1. The second-order valence-electron chi connectivity index (χ2n) is 4.17. The Hall–Kier alpha value is -1.10. The third-order valence-electron chi connectivity index (χ3n) is 2.07. The molecule has 0 aliphatic carbocycles. The van der Waals surface area contributed by atoms with Crippen molar-refractivity contribution in [2.45, 2.75) is 40.2 Å². The Morgan fingerprint density at radius 1 is 1.53 bits per heavy atom. The molecule has 1 aromatic heterocycles. The van der Waals surface area contributed by atoms with Gasteiger partial charge in [0.15, 0.2) is 5.96 Å². The zero-order chi connectivity index (χ0) is 12.7. The normalized spacial score (nSPS) is 11.9. The Morgan fingerprint density at radius 3 is 2.82 bits per heavy atom. The van der Waals surface area contributed by atoms with Crippen LogP contribution in [0.2, 0.25) is 0 Å². The third kappa shape index (κ3) is 5.68. The van der Waals surface area contributed by atoms with Crippen LogP contribution >= 0.6 is 11.3 Å². The second kappa shape index (κ2) is 7.27. The highest BCUT2D eigenvalue weighted by Gasteiger charge is 2.00. The summed E-state index contributed by atoms with van der Waals surface area (Å²) in [6.07, 6.45) is 0.902. The summed E-state index contributed by atoms with van der Waals surface area (Å²) in [6, 6.07) is 0.398. The summed E-state index contributed by atoms with van der Waals surface area (Å²) >= 11 is 1.69. The van der Waals surface area contributed by atoms with Gasteiger partial charge >= 0.3 is 0 Å². The van der Waals surface area contributed by atoms with Crippen molar-refractivity contribution in [1.29, 1.82) is 0 Å². The van der Waals surface area contributed by atoms with Crippen LogP contribution in [0, 0.1) is 6.92 Å². The van der Waals surface area contributed by atoms with E-state index < -0.39 is 0 Å². The number of hydrogen-bond acceptors (Lipinski definition) is 3. The van der Waals surface area contributed by atoms with E-state index in [1.807, 2.05) is 6.92 Å². The van der Waals surface area contributed by atoms with Gasteiger partial charge < -0.3 is 10.6 Å². The van der Waals surface area contributed by atoms with Crippen LogP contribution < -0.4 is 10.6 Å². The van der Waals surface area contributed by atoms with E-state index in [9.17, 15) is 0 Å². The van der Waals surface area contributed by atoms with Crippen molar-refractivity contribution in [3.8, 4) is 0 Å². The molecule has 0 fully saturated rings. The number of nitrogens with zero attached hydrogens (tertiary/aromatic N) is 2. The first-order valence-corrected chi connectivity index (χ1v) is 6.95. The summed E-state index contributed by atoms with van der Waals surface area (Å²) in [5.74, 6) is 0.884. The van der Waals surface area contributed by atoms with E-state index in [4.69, 9.17) is 0 Å². The van der Waals surface area contributed by atoms with E-state index >= 15 is 0 Å². The topological polar surface area (TPSA) is 49.3 Å². The maximum absolute atomic E-state index is 4.52. The fourth-order valence-electron chi connectivity index (χ4n) is 1.40. The van der Waals surface area contributed by atoms with Gasteiger partial charge in [-0.25, -0.2) is 4.98 Å². The van der Waals surface area contributed by atoms with E-state index in [-0.39, 0.29) is 0 Å². The smallest absolute Gasteiger partial charge is 0.191 e. The average molecular weight is 254 g/mol. The van der Waals surface area contributed by atoms with Crippen molar-refractivity contribution < 1.29 is 0 Å². The van der Waals surface area contributed by atoms with Gasteiger partial charge in [0.2, 0.25) is 0 Å². The lowest BCUT2D eigenvalue weighted by atomic mass is 10.3. The Morgan fingerprint density at radius 2 is 2.29 bits per heavy atom. The van der Waals surface area contributed by atoms with Crippen molar-refractivity contribution in [3.05, 3.63) is 16.1 Å². The Balaban J connectivity index is 2.42. The van der Waals surface area contributed by atoms with Gasteiger partial charge in [0.05, 0.1) is 10.7 Å². The molecule has 4 nitrogen and oxygen atoms in total. The molecule has 0 saturated carbocycles. The molecule has 2 N–H and O–H groups in total. The first-order valence-electron chi connectivity index (χ1n) is 6.07. The molecule has 5 heteroatoms. The fourth-order valence-corrected chi connectivity index (χ4v) is 2.05. The molecule has 0 bridgehead atoms. The van der Waals surface area contributed by atoms with Gasteiger partial charge in [-0.1, -0.05) is 0 Å². The summed E-state index contributed by atoms with van der Waals surface area (Å²) < 4.78 is 0. The number of aromatic nitrogens is 1. The molecule has 17 heavy (non-hydrogen) atoms. The number of guanidine groups is 1. The molecule has 1 rings (SSSR count). The number of aliphatic imine (C=N–C) groups is 1. The van der Waals surface area contributed by atoms with Crippen LogP contribution in [0.25, 0.3) is 0 Å². The molecule has 1 heterocycles. The minimum atomic E-state index is 0.398. The van der Waals surface area contributed by atoms with Crippen LogP contribution in [-0.4, -0.2) is 30.1 Å². The van der Waals surface area contributed by atoms with Crippen molar-refractivity contribution in [1.82, 2.24) is 15.6 Å². The number of rotatable bonds is 5. The first kappa shape index (κ1) is 14.0. The van der Waals surface area contributed by atoms with E-state index in [1.165, 1.54) is 0 Å². The molecule has 0 atom stereocenters. The van der Waals surface area contributed by atoms with Crippen LogP contribution in [0.1, 0.15) is 31.5 Å². The summed E-state index contributed by atoms with van der Waals surface area (Å²) in [7, 11) is 0. The Labute approximate surface area is 108 Å². The molecule has 0 radical (unpaired) electrons. The Kier molecular flexibility index (Phi) is 5.97. The summed E-state index contributed by atoms with van der Waals surface area (Å²) in [6.45, 7) is 9.97.